The number of nitrogens with one attached hydrogen (secondary N) is 3. The van der Waals surface area contributed by atoms with Crippen molar-refractivity contribution in [2.24, 2.45) is 11.3 Å². The zero-order chi connectivity index (χ0) is 37.7. The number of fused-ring (bicyclic) bond motifs is 1. The first-order chi connectivity index (χ1) is 23.7. The van der Waals surface area contributed by atoms with Crippen LogP contribution >= 0.6 is 0 Å². The lowest BCUT2D eigenvalue weighted by molar-refractivity contribution is -0.143. The van der Waals surface area contributed by atoms with Crippen molar-refractivity contribution in [3.63, 3.8) is 0 Å². The summed E-state index contributed by atoms with van der Waals surface area (Å²) in [6.45, 7) is 15.8. The number of carbonyl (C=O) groups excluding carboxylic acids is 4. The van der Waals surface area contributed by atoms with Crippen molar-refractivity contribution in [1.82, 2.24) is 30.2 Å². The van der Waals surface area contributed by atoms with Gasteiger partial charge in [0.1, 0.15) is 40.9 Å². The minimum Gasteiger partial charge on any atom is -0.497 e. The zero-order valence-corrected chi connectivity index (χ0v) is 31.2. The SMILES string of the molecule is C=C[C@@H]1C[C@]1(NC(=O)[C@@H]1C[C@@H](Oc2nc(C)nc3ccc(OC)cc23)CN1C(=O)[C@@H](NC(=O)OC(C)(C)C)C(C)(C)C)C(=O)NS(=O)(=O)C1CC1. The van der Waals surface area contributed by atoms with Gasteiger partial charge in [-0.25, -0.2) is 18.2 Å². The standard InChI is InChI=1S/C35H48N6O9S/c1-10-20-17-35(20,31(44)40-51(46,47)23-12-13-23)39-28(42)26-16-22(49-29-24-15-21(48-9)11-14-25(24)36-19(2)37-29)18-41(26)30(43)27(33(3,4)5)38-32(45)50-34(6,7)8/h10-11,14-15,20,22-23,26-27H,1,12-13,16-18H2,2-9H3,(H,38,45)(H,39,42)(H,40,44)/t20-,22-,26+,27-,35-/m1/s1. The van der Waals surface area contributed by atoms with E-state index in [-0.39, 0.29) is 25.3 Å². The predicted octanol–water partition coefficient (Wildman–Crippen LogP) is 2.90. The molecular formula is C35H48N6O9S. The Morgan fingerprint density at radius 3 is 2.35 bits per heavy atom. The summed E-state index contributed by atoms with van der Waals surface area (Å²) in [4.78, 5) is 65.4. The molecule has 1 aromatic heterocycles. The van der Waals surface area contributed by atoms with Gasteiger partial charge in [0, 0.05) is 12.3 Å². The molecule has 3 N–H and O–H groups in total. The van der Waals surface area contributed by atoms with Gasteiger partial charge in [-0.15, -0.1) is 6.58 Å². The fourth-order valence-corrected chi connectivity index (χ4v) is 7.56. The molecule has 2 heterocycles. The number of nitrogens with zero attached hydrogens (tertiary/aromatic N) is 3. The first-order valence-corrected chi connectivity index (χ1v) is 18.5. The van der Waals surface area contributed by atoms with E-state index in [2.05, 4.69) is 31.9 Å². The van der Waals surface area contributed by atoms with E-state index in [4.69, 9.17) is 14.2 Å². The summed E-state index contributed by atoms with van der Waals surface area (Å²) < 4.78 is 44.7. The Morgan fingerprint density at radius 2 is 1.78 bits per heavy atom. The quantitative estimate of drug-likeness (QED) is 0.288. The number of alkyl carbamates (subject to hydrolysis) is 1. The maximum atomic E-state index is 14.5. The lowest BCUT2D eigenvalue weighted by Crippen LogP contribution is -2.60. The molecule has 3 aliphatic rings. The van der Waals surface area contributed by atoms with Gasteiger partial charge in [-0.3, -0.25) is 19.1 Å². The van der Waals surface area contributed by atoms with Crippen molar-refractivity contribution in [3.8, 4) is 11.6 Å². The normalized spacial score (nSPS) is 23.9. The molecule has 5 rings (SSSR count). The molecule has 1 saturated heterocycles. The molecule has 3 fully saturated rings. The van der Waals surface area contributed by atoms with Crippen LogP contribution in [0.15, 0.2) is 30.9 Å². The maximum Gasteiger partial charge on any atom is 0.408 e. The van der Waals surface area contributed by atoms with E-state index in [0.29, 0.717) is 35.3 Å². The van der Waals surface area contributed by atoms with Crippen molar-refractivity contribution in [2.45, 2.75) is 109 Å². The van der Waals surface area contributed by atoms with Crippen LogP contribution in [0, 0.1) is 18.3 Å². The largest absolute Gasteiger partial charge is 0.497 e. The smallest absolute Gasteiger partial charge is 0.408 e. The van der Waals surface area contributed by atoms with Crippen LogP contribution in [-0.2, 0) is 29.1 Å². The van der Waals surface area contributed by atoms with E-state index in [1.165, 1.54) is 18.1 Å². The summed E-state index contributed by atoms with van der Waals surface area (Å²) in [5.74, 6) is -1.43. The van der Waals surface area contributed by atoms with Gasteiger partial charge in [-0.2, -0.15) is 4.98 Å². The van der Waals surface area contributed by atoms with Gasteiger partial charge in [0.2, 0.25) is 27.7 Å². The van der Waals surface area contributed by atoms with Gasteiger partial charge in [-0.1, -0.05) is 26.8 Å². The summed E-state index contributed by atoms with van der Waals surface area (Å²) >= 11 is 0. The summed E-state index contributed by atoms with van der Waals surface area (Å²) in [5.41, 5.74) is -2.62. The molecule has 51 heavy (non-hydrogen) atoms. The van der Waals surface area contributed by atoms with Crippen LogP contribution in [-0.4, -0.2) is 95.3 Å². The van der Waals surface area contributed by atoms with Crippen LogP contribution in [0.5, 0.6) is 11.6 Å². The first kappa shape index (κ1) is 37.8. The number of likely N-dealkylation sites (tertiary alicyclic amines) is 1. The van der Waals surface area contributed by atoms with E-state index in [1.807, 2.05) is 0 Å². The number of methoxy groups -OCH3 is 1. The topological polar surface area (TPSA) is 195 Å². The molecule has 0 spiro atoms. The second-order valence-electron chi connectivity index (χ2n) is 15.6. The van der Waals surface area contributed by atoms with Crippen LogP contribution < -0.4 is 24.8 Å². The van der Waals surface area contributed by atoms with E-state index in [0.717, 1.165) is 0 Å². The van der Waals surface area contributed by atoms with Crippen molar-refractivity contribution >= 4 is 44.7 Å². The lowest BCUT2D eigenvalue weighted by Gasteiger charge is -2.36. The number of benzene rings is 1. The molecule has 2 saturated carbocycles. The zero-order valence-electron chi connectivity index (χ0n) is 30.4. The molecule has 2 aromatic rings. The summed E-state index contributed by atoms with van der Waals surface area (Å²) in [6, 6.07) is 2.96. The minimum atomic E-state index is -3.91. The van der Waals surface area contributed by atoms with Gasteiger partial charge >= 0.3 is 6.09 Å². The van der Waals surface area contributed by atoms with Gasteiger partial charge in [-0.05, 0) is 70.6 Å². The third kappa shape index (κ3) is 8.37. The fourth-order valence-electron chi connectivity index (χ4n) is 6.20. The molecule has 0 unspecified atom stereocenters. The number of aromatic nitrogens is 2. The lowest BCUT2D eigenvalue weighted by atomic mass is 9.85. The number of sulfonamides is 1. The van der Waals surface area contributed by atoms with Crippen LogP contribution in [0.1, 0.15) is 73.1 Å². The number of aryl methyl sites for hydroxylation is 1. The molecule has 1 aromatic carbocycles. The summed E-state index contributed by atoms with van der Waals surface area (Å²) in [6.07, 6.45) is 0.954. The first-order valence-electron chi connectivity index (χ1n) is 17.0. The van der Waals surface area contributed by atoms with Crippen molar-refractivity contribution in [2.75, 3.05) is 13.7 Å². The number of hydrogen-bond donors (Lipinski definition) is 3. The number of ether oxygens (including phenoxy) is 3. The van der Waals surface area contributed by atoms with Crippen LogP contribution in [0.4, 0.5) is 4.79 Å². The van der Waals surface area contributed by atoms with Gasteiger partial charge in [0.25, 0.3) is 5.91 Å². The third-order valence-electron chi connectivity index (χ3n) is 9.13. The van der Waals surface area contributed by atoms with Crippen molar-refractivity contribution in [3.05, 3.63) is 36.7 Å². The van der Waals surface area contributed by atoms with Crippen molar-refractivity contribution < 1.29 is 41.8 Å². The highest BCUT2D eigenvalue weighted by Gasteiger charge is 2.62. The van der Waals surface area contributed by atoms with Gasteiger partial charge in [0.15, 0.2) is 0 Å². The highest BCUT2D eigenvalue weighted by molar-refractivity contribution is 7.91. The summed E-state index contributed by atoms with van der Waals surface area (Å²) in [7, 11) is -2.37. The van der Waals surface area contributed by atoms with Crippen molar-refractivity contribution in [1.29, 1.82) is 0 Å². The Kier molecular flexibility index (Phi) is 10.1. The number of carbonyl (C=O) groups is 4. The number of amides is 4. The second kappa shape index (κ2) is 13.6. The van der Waals surface area contributed by atoms with Crippen LogP contribution in [0.25, 0.3) is 10.9 Å². The monoisotopic (exact) mass is 728 g/mol. The van der Waals surface area contributed by atoms with Gasteiger partial charge < -0.3 is 29.7 Å². The molecule has 5 atom stereocenters. The molecule has 16 heteroatoms. The Morgan fingerprint density at radius 1 is 1.10 bits per heavy atom. The highest BCUT2D eigenvalue weighted by Crippen LogP contribution is 2.45. The summed E-state index contributed by atoms with van der Waals surface area (Å²) in [5, 5.41) is 5.38. The van der Waals surface area contributed by atoms with E-state index in [9.17, 15) is 27.6 Å². The van der Waals surface area contributed by atoms with Crippen LogP contribution in [0.2, 0.25) is 0 Å². The molecule has 2 aliphatic carbocycles. The van der Waals surface area contributed by atoms with E-state index in [1.54, 1.807) is 66.7 Å². The Hall–Kier alpha value is -4.47. The predicted molar refractivity (Wildman–Crippen MR) is 187 cm³/mol. The minimum absolute atomic E-state index is 0.00772. The molecule has 1 aliphatic heterocycles. The molecule has 278 valence electrons. The van der Waals surface area contributed by atoms with Crippen LogP contribution in [0.3, 0.4) is 0 Å². The molecular weight excluding hydrogens is 680 g/mol. The molecule has 4 amide bonds. The Labute approximate surface area is 298 Å². The fraction of sp³-hybridized carbons (Fsp3) is 0.600. The Bertz CT molecular complexity index is 1850. The maximum absolute atomic E-state index is 14.5. The van der Waals surface area contributed by atoms with E-state index >= 15 is 0 Å². The number of rotatable bonds is 11. The average molecular weight is 729 g/mol. The molecule has 0 radical (unpaired) electrons. The molecule has 0 bridgehead atoms. The number of hydrogen-bond acceptors (Lipinski definition) is 11. The third-order valence-corrected chi connectivity index (χ3v) is 10.9. The van der Waals surface area contributed by atoms with Gasteiger partial charge in [0.05, 0.1) is 29.8 Å². The molecule has 15 nitrogen and oxygen atoms in total. The highest BCUT2D eigenvalue weighted by atomic mass is 32.2. The second-order valence-corrected chi connectivity index (χ2v) is 17.5. The Balaban J connectivity index is 1.47. The average Bonchev–Trinajstić information content (AvgIpc) is 3.95. The van der Waals surface area contributed by atoms with E-state index < -0.39 is 79.7 Å².